The van der Waals surface area contributed by atoms with Crippen LogP contribution < -0.4 is 0 Å². The molecule has 1 heterocycles. The van der Waals surface area contributed by atoms with E-state index in [0.717, 1.165) is 18.2 Å². The summed E-state index contributed by atoms with van der Waals surface area (Å²) in [6.07, 6.45) is 2.13. The van der Waals surface area contributed by atoms with Crippen LogP contribution in [0.3, 0.4) is 0 Å². The number of hydrogen-bond acceptors (Lipinski definition) is 1. The third-order valence-corrected chi connectivity index (χ3v) is 4.03. The van der Waals surface area contributed by atoms with Crippen molar-refractivity contribution in [3.63, 3.8) is 0 Å². The Morgan fingerprint density at radius 3 is 2.75 bits per heavy atom. The van der Waals surface area contributed by atoms with Gasteiger partial charge in [0.05, 0.1) is 5.52 Å². The van der Waals surface area contributed by atoms with E-state index in [1.165, 1.54) is 0 Å². The Morgan fingerprint density at radius 2 is 2.15 bits per heavy atom. The van der Waals surface area contributed by atoms with Gasteiger partial charge in [-0.3, -0.25) is 4.79 Å². The van der Waals surface area contributed by atoms with Gasteiger partial charge in [-0.25, -0.2) is 4.39 Å². The zero-order valence-corrected chi connectivity index (χ0v) is 12.0. The second-order valence-electron chi connectivity index (χ2n) is 5.92. The molecule has 1 aromatic carbocycles. The molecule has 1 fully saturated rings. The lowest BCUT2D eigenvalue weighted by molar-refractivity contribution is 0.0780. The maximum atomic E-state index is 14.4. The molecule has 3 nitrogen and oxygen atoms in total. The van der Waals surface area contributed by atoms with Gasteiger partial charge in [-0.15, -0.1) is 0 Å². The lowest BCUT2D eigenvalue weighted by atomic mass is 10.0. The van der Waals surface area contributed by atoms with Crippen molar-refractivity contribution in [2.75, 3.05) is 7.05 Å². The van der Waals surface area contributed by atoms with E-state index in [1.807, 2.05) is 19.9 Å². The van der Waals surface area contributed by atoms with E-state index in [2.05, 4.69) is 4.98 Å². The van der Waals surface area contributed by atoms with E-state index < -0.39 is 0 Å². The zero-order chi connectivity index (χ0) is 14.4. The Balaban J connectivity index is 0.00000161. The van der Waals surface area contributed by atoms with Gasteiger partial charge in [0, 0.05) is 19.9 Å². The summed E-state index contributed by atoms with van der Waals surface area (Å²) >= 11 is 0. The number of benzene rings is 1. The van der Waals surface area contributed by atoms with Crippen LogP contribution >= 0.6 is 0 Å². The van der Waals surface area contributed by atoms with Gasteiger partial charge in [0.1, 0.15) is 5.69 Å². The molecule has 0 unspecified atom stereocenters. The molecule has 1 amide bonds. The van der Waals surface area contributed by atoms with E-state index in [4.69, 9.17) is 0 Å². The molecule has 4 heteroatoms. The van der Waals surface area contributed by atoms with Crippen LogP contribution in [0.5, 0.6) is 0 Å². The first kappa shape index (κ1) is 13.2. The number of rotatable bonds is 3. The Labute approximate surface area is 119 Å². The second kappa shape index (κ2) is 4.62. The minimum Gasteiger partial charge on any atom is -0.348 e. The second-order valence-corrected chi connectivity index (χ2v) is 5.92. The van der Waals surface area contributed by atoms with Crippen LogP contribution in [0.25, 0.3) is 10.9 Å². The minimum absolute atomic E-state index is 0. The van der Waals surface area contributed by atoms with Crippen LogP contribution in [0.2, 0.25) is 0 Å². The van der Waals surface area contributed by atoms with Crippen molar-refractivity contribution in [2.24, 2.45) is 0 Å². The zero-order valence-electron chi connectivity index (χ0n) is 12.0. The summed E-state index contributed by atoms with van der Waals surface area (Å²) in [7, 11) is 1.81. The highest BCUT2D eigenvalue weighted by molar-refractivity contribution is 5.98. The Bertz CT molecular complexity index is 676. The first-order valence-corrected chi connectivity index (χ1v) is 7.07. The summed E-state index contributed by atoms with van der Waals surface area (Å²) in [5, 5.41) is 0.749. The fourth-order valence-corrected chi connectivity index (χ4v) is 2.56. The highest BCUT2D eigenvalue weighted by Gasteiger charge is 2.30. The third kappa shape index (κ3) is 2.09. The number of aromatic nitrogens is 1. The first-order valence-electron chi connectivity index (χ1n) is 7.07. The van der Waals surface area contributed by atoms with Gasteiger partial charge >= 0.3 is 0 Å². The Hall–Kier alpha value is -1.84. The number of nitrogens with one attached hydrogen (secondary N) is 1. The molecular formula is C16H21FN2O. The molecule has 0 spiro atoms. The average Bonchev–Trinajstić information content (AvgIpc) is 3.16. The molecule has 1 saturated carbocycles. The molecule has 1 aliphatic carbocycles. The quantitative estimate of drug-likeness (QED) is 0.906. The van der Waals surface area contributed by atoms with Crippen LogP contribution in [0.4, 0.5) is 4.39 Å². The minimum atomic E-state index is -0.245. The predicted octanol–water partition coefficient (Wildman–Crippen LogP) is 3.91. The standard InChI is InChI=1S/C16H19FN2O.H2/c1-9(2)12-7-4-10-8-13(18-15(10)14(12)17)16(20)19(3)11-5-6-11;/h4,7-9,11,18H,5-6H2,1-3H3;1H. The van der Waals surface area contributed by atoms with Crippen molar-refractivity contribution in [2.45, 2.75) is 38.6 Å². The maximum absolute atomic E-state index is 14.4. The number of hydrogen-bond donors (Lipinski definition) is 1. The van der Waals surface area contributed by atoms with E-state index in [-0.39, 0.29) is 19.1 Å². The van der Waals surface area contributed by atoms with E-state index in [0.29, 0.717) is 22.8 Å². The van der Waals surface area contributed by atoms with Gasteiger partial charge in [0.15, 0.2) is 5.82 Å². The largest absolute Gasteiger partial charge is 0.348 e. The Morgan fingerprint density at radius 1 is 1.45 bits per heavy atom. The normalized spacial score (nSPS) is 15.1. The summed E-state index contributed by atoms with van der Waals surface area (Å²) in [6.45, 7) is 3.92. The lowest BCUT2D eigenvalue weighted by Gasteiger charge is -2.14. The summed E-state index contributed by atoms with van der Waals surface area (Å²) in [5.41, 5.74) is 1.58. The van der Waals surface area contributed by atoms with Crippen LogP contribution in [0.15, 0.2) is 18.2 Å². The van der Waals surface area contributed by atoms with Crippen molar-refractivity contribution in [1.82, 2.24) is 9.88 Å². The molecule has 3 rings (SSSR count). The van der Waals surface area contributed by atoms with Crippen LogP contribution in [-0.4, -0.2) is 28.9 Å². The van der Waals surface area contributed by atoms with Gasteiger partial charge in [-0.1, -0.05) is 26.0 Å². The van der Waals surface area contributed by atoms with E-state index >= 15 is 0 Å². The van der Waals surface area contributed by atoms with Crippen LogP contribution in [0.1, 0.15) is 50.1 Å². The summed E-state index contributed by atoms with van der Waals surface area (Å²) in [5.74, 6) is -0.184. The van der Waals surface area contributed by atoms with Gasteiger partial charge in [-0.05, 0) is 30.4 Å². The van der Waals surface area contributed by atoms with E-state index in [1.54, 1.807) is 24.1 Å². The molecule has 0 radical (unpaired) electrons. The number of halogens is 1. The van der Waals surface area contributed by atoms with Crippen molar-refractivity contribution in [1.29, 1.82) is 0 Å². The average molecular weight is 276 g/mol. The van der Waals surface area contributed by atoms with Crippen LogP contribution in [0, 0.1) is 5.82 Å². The van der Waals surface area contributed by atoms with Gasteiger partial charge in [0.2, 0.25) is 0 Å². The molecule has 2 aromatic rings. The SMILES string of the molecule is CC(C)c1ccc2cc(C(=O)N(C)C3CC3)[nH]c2c1F.[HH]. The molecule has 20 heavy (non-hydrogen) atoms. The van der Waals surface area contributed by atoms with Crippen molar-refractivity contribution in [3.05, 3.63) is 35.3 Å². The van der Waals surface area contributed by atoms with Gasteiger partial charge < -0.3 is 9.88 Å². The fourth-order valence-electron chi connectivity index (χ4n) is 2.56. The monoisotopic (exact) mass is 276 g/mol. The van der Waals surface area contributed by atoms with Crippen LogP contribution in [-0.2, 0) is 0 Å². The molecule has 0 atom stereocenters. The predicted molar refractivity (Wildman–Crippen MR) is 79.6 cm³/mol. The number of amides is 1. The number of fused-ring (bicyclic) bond motifs is 1. The molecule has 0 aliphatic heterocycles. The third-order valence-electron chi connectivity index (χ3n) is 4.03. The Kier molecular flexibility index (Phi) is 3.04. The number of aromatic amines is 1. The number of nitrogens with zero attached hydrogens (tertiary/aromatic N) is 1. The van der Waals surface area contributed by atoms with Crippen molar-refractivity contribution in [3.8, 4) is 0 Å². The summed E-state index contributed by atoms with van der Waals surface area (Å²) in [4.78, 5) is 17.0. The molecule has 1 aromatic heterocycles. The van der Waals surface area contributed by atoms with Crippen molar-refractivity contribution >= 4 is 16.8 Å². The molecule has 1 N–H and O–H groups in total. The van der Waals surface area contributed by atoms with Crippen molar-refractivity contribution < 1.29 is 10.6 Å². The number of carbonyl (C=O) groups excluding carboxylic acids is 1. The topological polar surface area (TPSA) is 36.1 Å². The molecule has 0 saturated heterocycles. The number of carbonyl (C=O) groups is 1. The molecule has 108 valence electrons. The van der Waals surface area contributed by atoms with Gasteiger partial charge in [0.25, 0.3) is 5.91 Å². The number of H-pyrrole nitrogens is 1. The van der Waals surface area contributed by atoms with E-state index in [9.17, 15) is 9.18 Å². The molecule has 1 aliphatic rings. The smallest absolute Gasteiger partial charge is 0.270 e. The highest BCUT2D eigenvalue weighted by atomic mass is 19.1. The molecular weight excluding hydrogens is 255 g/mol. The lowest BCUT2D eigenvalue weighted by Crippen LogP contribution is -2.28. The summed E-state index contributed by atoms with van der Waals surface area (Å²) in [6, 6.07) is 5.77. The highest BCUT2D eigenvalue weighted by Crippen LogP contribution is 2.29. The fraction of sp³-hybridized carbons (Fsp3) is 0.438. The molecule has 0 bridgehead atoms. The summed E-state index contributed by atoms with van der Waals surface area (Å²) < 4.78 is 14.4. The van der Waals surface area contributed by atoms with Gasteiger partial charge in [-0.2, -0.15) is 0 Å². The first-order chi connectivity index (χ1) is 9.49. The maximum Gasteiger partial charge on any atom is 0.270 e.